The first-order valence-electron chi connectivity index (χ1n) is 5.49. The highest BCUT2D eigenvalue weighted by molar-refractivity contribution is 9.09. The van der Waals surface area contributed by atoms with Gasteiger partial charge in [0.05, 0.1) is 0 Å². The highest BCUT2D eigenvalue weighted by atomic mass is 79.9. The van der Waals surface area contributed by atoms with Crippen LogP contribution in [0.5, 0.6) is 0 Å². The molecule has 1 fully saturated rings. The van der Waals surface area contributed by atoms with E-state index >= 15 is 0 Å². The van der Waals surface area contributed by atoms with E-state index in [4.69, 9.17) is 10.00 Å². The Bertz CT molecular complexity index is 388. The van der Waals surface area contributed by atoms with Gasteiger partial charge >= 0.3 is 0 Å². The van der Waals surface area contributed by atoms with Crippen LogP contribution in [-0.4, -0.2) is 23.1 Å². The molecule has 0 amide bonds. The molecule has 0 atom stereocenters. The summed E-state index contributed by atoms with van der Waals surface area (Å²) >= 11 is 3.61. The van der Waals surface area contributed by atoms with Gasteiger partial charge in [-0.1, -0.05) is 15.9 Å². The number of hydrogen-bond donors (Lipinski definition) is 0. The molecule has 2 heterocycles. The second-order valence-electron chi connectivity index (χ2n) is 4.38. The Hall–Kier alpha value is -0.790. The normalized spacial score (nSPS) is 19.2. The molecule has 4 heteroatoms. The molecule has 2 rings (SSSR count). The van der Waals surface area contributed by atoms with Crippen molar-refractivity contribution >= 4 is 15.9 Å². The number of nitrogens with zero attached hydrogens (tertiary/aromatic N) is 2. The van der Waals surface area contributed by atoms with Crippen molar-refractivity contribution < 1.29 is 4.74 Å². The third-order valence-electron chi connectivity index (χ3n) is 3.29. The highest BCUT2D eigenvalue weighted by Gasteiger charge is 2.32. The Morgan fingerprint density at radius 3 is 2.88 bits per heavy atom. The molecule has 0 aromatic carbocycles. The zero-order valence-electron chi connectivity index (χ0n) is 9.16. The van der Waals surface area contributed by atoms with Crippen molar-refractivity contribution in [2.24, 2.45) is 5.41 Å². The molecule has 0 unspecified atom stereocenters. The van der Waals surface area contributed by atoms with Crippen LogP contribution >= 0.6 is 15.9 Å². The topological polar surface area (TPSA) is 38.0 Å². The summed E-state index contributed by atoms with van der Waals surface area (Å²) < 4.78 is 7.46. The van der Waals surface area contributed by atoms with Gasteiger partial charge in [0, 0.05) is 36.7 Å². The molecule has 0 N–H and O–H groups in total. The smallest absolute Gasteiger partial charge is 0.120 e. The van der Waals surface area contributed by atoms with Crippen LogP contribution in [-0.2, 0) is 11.3 Å². The van der Waals surface area contributed by atoms with Gasteiger partial charge in [0.25, 0.3) is 0 Å². The van der Waals surface area contributed by atoms with E-state index in [1.807, 2.05) is 22.9 Å². The maximum absolute atomic E-state index is 8.99. The van der Waals surface area contributed by atoms with Crippen LogP contribution in [0.1, 0.15) is 18.5 Å². The van der Waals surface area contributed by atoms with Gasteiger partial charge in [-0.3, -0.25) is 0 Å². The van der Waals surface area contributed by atoms with Crippen molar-refractivity contribution in [2.45, 2.75) is 19.4 Å². The lowest BCUT2D eigenvalue weighted by atomic mass is 9.82. The molecule has 0 aliphatic carbocycles. The van der Waals surface area contributed by atoms with Gasteiger partial charge in [0.2, 0.25) is 0 Å². The number of ether oxygens (including phenoxy) is 1. The SMILES string of the molecule is N#Cc1cccn1CC1(CBr)CCOCC1. The standard InChI is InChI=1S/C12H15BrN2O/c13-9-12(3-6-16-7-4-12)10-15-5-1-2-11(15)8-14/h1-2,5H,3-4,6-7,9-10H2. The minimum Gasteiger partial charge on any atom is -0.381 e. The fourth-order valence-electron chi connectivity index (χ4n) is 2.15. The molecule has 86 valence electrons. The number of aromatic nitrogens is 1. The van der Waals surface area contributed by atoms with E-state index in [0.29, 0.717) is 0 Å². The van der Waals surface area contributed by atoms with Crippen LogP contribution in [0.3, 0.4) is 0 Å². The number of halogens is 1. The van der Waals surface area contributed by atoms with Gasteiger partial charge in [-0.05, 0) is 25.0 Å². The summed E-state index contributed by atoms with van der Waals surface area (Å²) in [5.74, 6) is 0. The van der Waals surface area contributed by atoms with Crippen LogP contribution < -0.4 is 0 Å². The van der Waals surface area contributed by atoms with E-state index in [-0.39, 0.29) is 5.41 Å². The summed E-state index contributed by atoms with van der Waals surface area (Å²) in [6, 6.07) is 6.02. The van der Waals surface area contributed by atoms with E-state index in [1.165, 1.54) is 0 Å². The van der Waals surface area contributed by atoms with Crippen molar-refractivity contribution in [2.75, 3.05) is 18.5 Å². The minimum absolute atomic E-state index is 0.239. The molecular weight excluding hydrogens is 268 g/mol. The third kappa shape index (κ3) is 2.31. The van der Waals surface area contributed by atoms with Crippen LogP contribution in [0.2, 0.25) is 0 Å². The van der Waals surface area contributed by atoms with Gasteiger partial charge in [-0.15, -0.1) is 0 Å². The van der Waals surface area contributed by atoms with Gasteiger partial charge in [-0.2, -0.15) is 5.26 Å². The van der Waals surface area contributed by atoms with Crippen molar-refractivity contribution in [1.82, 2.24) is 4.57 Å². The van der Waals surface area contributed by atoms with Crippen LogP contribution in [0, 0.1) is 16.7 Å². The molecule has 1 aliphatic rings. The third-order valence-corrected chi connectivity index (χ3v) is 4.48. The Kier molecular flexibility index (Phi) is 3.67. The summed E-state index contributed by atoms with van der Waals surface area (Å²) in [7, 11) is 0. The lowest BCUT2D eigenvalue weighted by molar-refractivity contribution is 0.0185. The quantitative estimate of drug-likeness (QED) is 0.799. The molecule has 0 bridgehead atoms. The van der Waals surface area contributed by atoms with E-state index in [0.717, 1.165) is 43.6 Å². The first-order chi connectivity index (χ1) is 7.79. The summed E-state index contributed by atoms with van der Waals surface area (Å²) in [4.78, 5) is 0. The van der Waals surface area contributed by atoms with Crippen LogP contribution in [0.15, 0.2) is 18.3 Å². The van der Waals surface area contributed by atoms with Gasteiger partial charge in [0.1, 0.15) is 11.8 Å². The maximum atomic E-state index is 8.99. The molecule has 0 saturated carbocycles. The first kappa shape index (κ1) is 11.7. The van der Waals surface area contributed by atoms with E-state index in [1.54, 1.807) is 0 Å². The predicted octanol–water partition coefficient (Wildman–Crippen LogP) is 2.55. The van der Waals surface area contributed by atoms with E-state index in [2.05, 4.69) is 22.0 Å². The maximum Gasteiger partial charge on any atom is 0.120 e. The van der Waals surface area contributed by atoms with Crippen molar-refractivity contribution in [3.63, 3.8) is 0 Å². The molecule has 0 radical (unpaired) electrons. The Balaban J connectivity index is 2.15. The average Bonchev–Trinajstić information content (AvgIpc) is 2.77. The zero-order valence-corrected chi connectivity index (χ0v) is 10.7. The highest BCUT2D eigenvalue weighted by Crippen LogP contribution is 2.34. The Morgan fingerprint density at radius 1 is 1.50 bits per heavy atom. The lowest BCUT2D eigenvalue weighted by Crippen LogP contribution is -2.35. The average molecular weight is 283 g/mol. The lowest BCUT2D eigenvalue weighted by Gasteiger charge is -2.36. The second-order valence-corrected chi connectivity index (χ2v) is 4.94. The molecule has 1 aromatic rings. The molecule has 1 aliphatic heterocycles. The first-order valence-corrected chi connectivity index (χ1v) is 6.61. The molecule has 3 nitrogen and oxygen atoms in total. The van der Waals surface area contributed by atoms with E-state index < -0.39 is 0 Å². The summed E-state index contributed by atoms with van der Waals surface area (Å²) in [5.41, 5.74) is 0.981. The Labute approximate surface area is 104 Å². The fraction of sp³-hybridized carbons (Fsp3) is 0.583. The molecular formula is C12H15BrN2O. The zero-order chi connectivity index (χ0) is 11.4. The number of rotatable bonds is 3. The second kappa shape index (κ2) is 5.03. The monoisotopic (exact) mass is 282 g/mol. The molecule has 1 saturated heterocycles. The van der Waals surface area contributed by atoms with Gasteiger partial charge < -0.3 is 9.30 Å². The van der Waals surface area contributed by atoms with E-state index in [9.17, 15) is 0 Å². The summed E-state index contributed by atoms with van der Waals surface area (Å²) in [5, 5.41) is 9.95. The van der Waals surface area contributed by atoms with Gasteiger partial charge in [0.15, 0.2) is 0 Å². The van der Waals surface area contributed by atoms with Crippen LogP contribution in [0.4, 0.5) is 0 Å². The summed E-state index contributed by atoms with van der Waals surface area (Å²) in [6.45, 7) is 2.56. The van der Waals surface area contributed by atoms with Gasteiger partial charge in [-0.25, -0.2) is 0 Å². The molecule has 0 spiro atoms. The largest absolute Gasteiger partial charge is 0.381 e. The minimum atomic E-state index is 0.239. The summed E-state index contributed by atoms with van der Waals surface area (Å²) in [6.07, 6.45) is 4.10. The Morgan fingerprint density at radius 2 is 2.25 bits per heavy atom. The molecule has 1 aromatic heterocycles. The molecule has 16 heavy (non-hydrogen) atoms. The fourth-order valence-corrected chi connectivity index (χ4v) is 2.89. The van der Waals surface area contributed by atoms with Crippen LogP contribution in [0.25, 0.3) is 0 Å². The predicted molar refractivity (Wildman–Crippen MR) is 65.4 cm³/mol. The number of alkyl halides is 1. The van der Waals surface area contributed by atoms with Crippen molar-refractivity contribution in [3.8, 4) is 6.07 Å². The number of nitriles is 1. The van der Waals surface area contributed by atoms with Crippen molar-refractivity contribution in [3.05, 3.63) is 24.0 Å². The number of hydrogen-bond acceptors (Lipinski definition) is 2. The van der Waals surface area contributed by atoms with Crippen molar-refractivity contribution in [1.29, 1.82) is 5.26 Å².